The summed E-state index contributed by atoms with van der Waals surface area (Å²) in [6.07, 6.45) is 0.188. The molecule has 0 bridgehead atoms. The predicted octanol–water partition coefficient (Wildman–Crippen LogP) is 1.53. The number of carbonyl (C=O) groups excluding carboxylic acids is 1. The summed E-state index contributed by atoms with van der Waals surface area (Å²) in [5.74, 6) is -1.11. The van der Waals surface area contributed by atoms with Crippen LogP contribution in [0.2, 0.25) is 4.34 Å². The van der Waals surface area contributed by atoms with E-state index in [2.05, 4.69) is 5.32 Å². The Labute approximate surface area is 95.9 Å². The molecule has 15 heavy (non-hydrogen) atoms. The van der Waals surface area contributed by atoms with Gasteiger partial charge in [-0.3, -0.25) is 9.59 Å². The zero-order chi connectivity index (χ0) is 11.3. The Kier molecular flexibility index (Phi) is 4.58. The van der Waals surface area contributed by atoms with Crippen LogP contribution in [0.4, 0.5) is 0 Å². The lowest BCUT2D eigenvalue weighted by Gasteiger charge is -2.01. The number of nitrogens with one attached hydrogen (secondary N) is 1. The molecule has 0 saturated carbocycles. The standard InChI is InChI=1S/C9H10ClNO3S/c10-7-2-1-6(15-7)5-8(12)11-4-3-9(13)14/h1-2H,3-5H2,(H,11,12)(H,13,14). The van der Waals surface area contributed by atoms with Crippen molar-refractivity contribution in [2.45, 2.75) is 12.8 Å². The molecule has 0 radical (unpaired) electrons. The van der Waals surface area contributed by atoms with Gasteiger partial charge in [-0.2, -0.15) is 0 Å². The van der Waals surface area contributed by atoms with Gasteiger partial charge < -0.3 is 10.4 Å². The number of thiophene rings is 1. The summed E-state index contributed by atoms with van der Waals surface area (Å²) in [5.41, 5.74) is 0. The molecule has 82 valence electrons. The van der Waals surface area contributed by atoms with Crippen molar-refractivity contribution in [3.8, 4) is 0 Å². The molecule has 1 aromatic rings. The molecule has 0 spiro atoms. The molecule has 1 aromatic heterocycles. The number of hydrogen-bond donors (Lipinski definition) is 2. The van der Waals surface area contributed by atoms with Gasteiger partial charge in [0.1, 0.15) is 0 Å². The van der Waals surface area contributed by atoms with E-state index < -0.39 is 5.97 Å². The maximum atomic E-state index is 11.3. The first-order valence-electron chi connectivity index (χ1n) is 4.30. The molecule has 0 aliphatic carbocycles. The first-order chi connectivity index (χ1) is 7.08. The molecule has 2 N–H and O–H groups in total. The SMILES string of the molecule is O=C(O)CCNC(=O)Cc1ccc(Cl)s1. The van der Waals surface area contributed by atoms with Gasteiger partial charge in [-0.15, -0.1) is 11.3 Å². The van der Waals surface area contributed by atoms with Crippen molar-refractivity contribution in [3.05, 3.63) is 21.3 Å². The van der Waals surface area contributed by atoms with Gasteiger partial charge in [0.25, 0.3) is 0 Å². The number of carboxylic acid groups (broad SMARTS) is 1. The van der Waals surface area contributed by atoms with Crippen LogP contribution >= 0.6 is 22.9 Å². The number of hydrogen-bond acceptors (Lipinski definition) is 3. The largest absolute Gasteiger partial charge is 0.481 e. The summed E-state index contributed by atoms with van der Waals surface area (Å²) in [6, 6.07) is 3.51. The van der Waals surface area contributed by atoms with Crippen molar-refractivity contribution in [1.29, 1.82) is 0 Å². The minimum Gasteiger partial charge on any atom is -0.481 e. The monoisotopic (exact) mass is 247 g/mol. The third kappa shape index (κ3) is 4.80. The van der Waals surface area contributed by atoms with Gasteiger partial charge in [-0.25, -0.2) is 0 Å². The molecule has 0 aromatic carbocycles. The van der Waals surface area contributed by atoms with Gasteiger partial charge in [0.2, 0.25) is 5.91 Å². The zero-order valence-corrected chi connectivity index (χ0v) is 9.40. The van der Waals surface area contributed by atoms with Crippen LogP contribution in [0.1, 0.15) is 11.3 Å². The average Bonchev–Trinajstić information content (AvgIpc) is 2.50. The van der Waals surface area contributed by atoms with Gasteiger partial charge in [-0.05, 0) is 12.1 Å². The highest BCUT2D eigenvalue weighted by Crippen LogP contribution is 2.21. The first kappa shape index (κ1) is 12.0. The summed E-state index contributed by atoms with van der Waals surface area (Å²) in [6.45, 7) is 0.160. The van der Waals surface area contributed by atoms with Gasteiger partial charge in [0.15, 0.2) is 0 Å². The molecule has 0 atom stereocenters. The van der Waals surface area contributed by atoms with Crippen LogP contribution in [0.25, 0.3) is 0 Å². The van der Waals surface area contributed by atoms with Crippen LogP contribution in [0, 0.1) is 0 Å². The van der Waals surface area contributed by atoms with E-state index in [1.807, 2.05) is 0 Å². The van der Waals surface area contributed by atoms with E-state index in [9.17, 15) is 9.59 Å². The van der Waals surface area contributed by atoms with E-state index in [0.717, 1.165) is 4.88 Å². The summed E-state index contributed by atoms with van der Waals surface area (Å²) in [5, 5.41) is 10.9. The third-order valence-corrected chi connectivity index (χ3v) is 2.86. The number of aliphatic carboxylic acids is 1. The summed E-state index contributed by atoms with van der Waals surface area (Å²) < 4.78 is 0.642. The van der Waals surface area contributed by atoms with Gasteiger partial charge >= 0.3 is 5.97 Å². The Hall–Kier alpha value is -1.07. The molecular formula is C9H10ClNO3S. The van der Waals surface area contributed by atoms with Crippen molar-refractivity contribution in [2.24, 2.45) is 0 Å². The smallest absolute Gasteiger partial charge is 0.305 e. The fourth-order valence-electron chi connectivity index (χ4n) is 0.976. The maximum Gasteiger partial charge on any atom is 0.305 e. The second-order valence-corrected chi connectivity index (χ2v) is 4.68. The molecule has 0 aliphatic rings. The molecule has 0 fully saturated rings. The number of halogens is 1. The molecule has 0 unspecified atom stereocenters. The lowest BCUT2D eigenvalue weighted by Crippen LogP contribution is -2.27. The van der Waals surface area contributed by atoms with Crippen LogP contribution in [-0.2, 0) is 16.0 Å². The van der Waals surface area contributed by atoms with Crippen molar-refractivity contribution < 1.29 is 14.7 Å². The summed E-state index contributed by atoms with van der Waals surface area (Å²) >= 11 is 7.04. The van der Waals surface area contributed by atoms with Crippen LogP contribution in [0.3, 0.4) is 0 Å². The van der Waals surface area contributed by atoms with Crippen molar-refractivity contribution in [1.82, 2.24) is 5.32 Å². The summed E-state index contributed by atoms with van der Waals surface area (Å²) in [4.78, 5) is 22.3. The van der Waals surface area contributed by atoms with Crippen LogP contribution in [-0.4, -0.2) is 23.5 Å². The number of rotatable bonds is 5. The molecule has 1 amide bonds. The van der Waals surface area contributed by atoms with E-state index in [-0.39, 0.29) is 25.3 Å². The lowest BCUT2D eigenvalue weighted by atomic mass is 10.3. The highest BCUT2D eigenvalue weighted by molar-refractivity contribution is 7.16. The number of carbonyl (C=O) groups is 2. The first-order valence-corrected chi connectivity index (χ1v) is 5.50. The molecule has 1 rings (SSSR count). The van der Waals surface area contributed by atoms with E-state index in [0.29, 0.717) is 4.34 Å². The molecular weight excluding hydrogens is 238 g/mol. The zero-order valence-electron chi connectivity index (χ0n) is 7.83. The third-order valence-electron chi connectivity index (χ3n) is 1.62. The van der Waals surface area contributed by atoms with E-state index in [1.165, 1.54) is 11.3 Å². The van der Waals surface area contributed by atoms with E-state index in [1.54, 1.807) is 12.1 Å². The molecule has 6 heteroatoms. The van der Waals surface area contributed by atoms with Crippen LogP contribution in [0.15, 0.2) is 12.1 Å². The lowest BCUT2D eigenvalue weighted by molar-refractivity contribution is -0.136. The highest BCUT2D eigenvalue weighted by atomic mass is 35.5. The second-order valence-electron chi connectivity index (χ2n) is 2.88. The van der Waals surface area contributed by atoms with Crippen LogP contribution in [0.5, 0.6) is 0 Å². The molecule has 0 aliphatic heterocycles. The minimum absolute atomic E-state index is 0.0586. The van der Waals surface area contributed by atoms with E-state index >= 15 is 0 Å². The van der Waals surface area contributed by atoms with Crippen molar-refractivity contribution in [2.75, 3.05) is 6.54 Å². The van der Waals surface area contributed by atoms with Crippen LogP contribution < -0.4 is 5.32 Å². The fraction of sp³-hybridized carbons (Fsp3) is 0.333. The van der Waals surface area contributed by atoms with Crippen molar-refractivity contribution in [3.63, 3.8) is 0 Å². The molecule has 1 heterocycles. The Morgan fingerprint density at radius 3 is 2.73 bits per heavy atom. The van der Waals surface area contributed by atoms with Gasteiger partial charge in [0, 0.05) is 11.4 Å². The average molecular weight is 248 g/mol. The molecule has 4 nitrogen and oxygen atoms in total. The fourth-order valence-corrected chi connectivity index (χ4v) is 2.06. The Balaban J connectivity index is 2.27. The quantitative estimate of drug-likeness (QED) is 0.829. The minimum atomic E-state index is -0.922. The topological polar surface area (TPSA) is 66.4 Å². The van der Waals surface area contributed by atoms with E-state index in [4.69, 9.17) is 16.7 Å². The van der Waals surface area contributed by atoms with Gasteiger partial charge in [-0.1, -0.05) is 11.6 Å². The number of carboxylic acids is 1. The summed E-state index contributed by atoms with van der Waals surface area (Å²) in [7, 11) is 0. The molecule has 0 saturated heterocycles. The normalized spacial score (nSPS) is 9.93. The van der Waals surface area contributed by atoms with Gasteiger partial charge in [0.05, 0.1) is 17.2 Å². The second kappa shape index (κ2) is 5.72. The number of amides is 1. The Morgan fingerprint density at radius 1 is 1.47 bits per heavy atom. The van der Waals surface area contributed by atoms with Crippen molar-refractivity contribution >= 4 is 34.8 Å². The highest BCUT2D eigenvalue weighted by Gasteiger charge is 2.06. The Bertz CT molecular complexity index is 364. The maximum absolute atomic E-state index is 11.3. The predicted molar refractivity (Wildman–Crippen MR) is 58.3 cm³/mol. The Morgan fingerprint density at radius 2 is 2.20 bits per heavy atom.